The topological polar surface area (TPSA) is 84.2 Å². The Hall–Kier alpha value is -2.34. The molecule has 1 amide bonds. The van der Waals surface area contributed by atoms with Gasteiger partial charge in [-0.25, -0.2) is 9.48 Å². The first-order valence-corrected chi connectivity index (χ1v) is 7.17. The number of amides is 1. The fourth-order valence-corrected chi connectivity index (χ4v) is 2.49. The second-order valence-corrected chi connectivity index (χ2v) is 5.81. The highest BCUT2D eigenvalue weighted by Crippen LogP contribution is 2.36. The van der Waals surface area contributed by atoms with Gasteiger partial charge in [0.2, 0.25) is 0 Å². The van der Waals surface area contributed by atoms with Crippen molar-refractivity contribution in [3.63, 3.8) is 0 Å². The minimum absolute atomic E-state index is 0.354. The number of hydrogen-bond donors (Lipinski definition) is 2. The zero-order valence-corrected chi connectivity index (χ0v) is 12.6. The van der Waals surface area contributed by atoms with Crippen molar-refractivity contribution in [1.82, 2.24) is 15.1 Å². The van der Waals surface area contributed by atoms with E-state index in [0.29, 0.717) is 29.1 Å². The predicted octanol–water partition coefficient (Wildman–Crippen LogP) is 2.18. The predicted molar refractivity (Wildman–Crippen MR) is 80.4 cm³/mol. The zero-order chi connectivity index (χ0) is 15.9. The third-order valence-corrected chi connectivity index (χ3v) is 4.05. The van der Waals surface area contributed by atoms with Crippen LogP contribution in [0.4, 0.5) is 0 Å². The van der Waals surface area contributed by atoms with Crippen LogP contribution in [0.1, 0.15) is 28.9 Å². The highest BCUT2D eigenvalue weighted by molar-refractivity contribution is 6.30. The van der Waals surface area contributed by atoms with E-state index in [0.717, 1.165) is 5.69 Å². The number of nitrogens with one attached hydrogen (secondary N) is 1. The Morgan fingerprint density at radius 3 is 2.73 bits per heavy atom. The van der Waals surface area contributed by atoms with Crippen molar-refractivity contribution in [1.29, 1.82) is 0 Å². The van der Waals surface area contributed by atoms with Crippen LogP contribution < -0.4 is 5.32 Å². The molecule has 114 valence electrons. The summed E-state index contributed by atoms with van der Waals surface area (Å²) in [6, 6.07) is 7.11. The lowest BCUT2D eigenvalue weighted by molar-refractivity contribution is -0.140. The van der Waals surface area contributed by atoms with Gasteiger partial charge in [0.05, 0.1) is 23.1 Å². The van der Waals surface area contributed by atoms with Crippen LogP contribution in [0.2, 0.25) is 5.02 Å². The minimum Gasteiger partial charge on any atom is -0.480 e. The van der Waals surface area contributed by atoms with Gasteiger partial charge in [0, 0.05) is 5.02 Å². The van der Waals surface area contributed by atoms with Gasteiger partial charge in [-0.1, -0.05) is 17.7 Å². The van der Waals surface area contributed by atoms with Gasteiger partial charge >= 0.3 is 5.97 Å². The number of aromatic nitrogens is 2. The molecule has 1 aliphatic carbocycles. The first-order chi connectivity index (χ1) is 10.4. The molecular weight excluding hydrogens is 306 g/mol. The molecule has 0 bridgehead atoms. The molecule has 2 N–H and O–H groups in total. The summed E-state index contributed by atoms with van der Waals surface area (Å²) in [5, 5.41) is 16.5. The molecule has 2 aromatic rings. The molecule has 22 heavy (non-hydrogen) atoms. The Morgan fingerprint density at radius 1 is 1.41 bits per heavy atom. The molecule has 1 fully saturated rings. The number of halogens is 1. The number of aliphatic carboxylic acids is 1. The molecule has 1 aliphatic rings. The van der Waals surface area contributed by atoms with E-state index in [-0.39, 0.29) is 0 Å². The monoisotopic (exact) mass is 319 g/mol. The standard InChI is InChI=1S/C15H14ClN3O3/c1-9-12(13(20)18-15(5-6-15)14(21)22)8-17-19(9)11-4-2-3-10(16)7-11/h2-4,7-8H,5-6H2,1H3,(H,18,20)(H,21,22). The van der Waals surface area contributed by atoms with E-state index in [1.165, 1.54) is 6.20 Å². The summed E-state index contributed by atoms with van der Waals surface area (Å²) in [5.41, 5.74) is 0.610. The lowest BCUT2D eigenvalue weighted by Gasteiger charge is -2.12. The first-order valence-electron chi connectivity index (χ1n) is 6.79. The number of carboxylic acid groups (broad SMARTS) is 1. The Labute approximate surface area is 131 Å². The molecule has 0 radical (unpaired) electrons. The van der Waals surface area contributed by atoms with Gasteiger partial charge in [-0.3, -0.25) is 4.79 Å². The summed E-state index contributed by atoms with van der Waals surface area (Å²) in [5.74, 6) is -1.42. The van der Waals surface area contributed by atoms with E-state index >= 15 is 0 Å². The average Bonchev–Trinajstić information content (AvgIpc) is 3.14. The van der Waals surface area contributed by atoms with Crippen molar-refractivity contribution in [2.24, 2.45) is 0 Å². The summed E-state index contributed by atoms with van der Waals surface area (Å²) in [7, 11) is 0. The summed E-state index contributed by atoms with van der Waals surface area (Å²) < 4.78 is 1.60. The molecule has 0 saturated heterocycles. The lowest BCUT2D eigenvalue weighted by Crippen LogP contribution is -2.43. The van der Waals surface area contributed by atoms with Crippen LogP contribution in [0, 0.1) is 6.92 Å². The van der Waals surface area contributed by atoms with E-state index < -0.39 is 17.4 Å². The van der Waals surface area contributed by atoms with E-state index in [9.17, 15) is 9.59 Å². The van der Waals surface area contributed by atoms with Gasteiger partial charge < -0.3 is 10.4 Å². The van der Waals surface area contributed by atoms with E-state index in [4.69, 9.17) is 16.7 Å². The molecule has 6 nitrogen and oxygen atoms in total. The van der Waals surface area contributed by atoms with Crippen LogP contribution >= 0.6 is 11.6 Å². The van der Waals surface area contributed by atoms with Gasteiger partial charge in [0.25, 0.3) is 5.91 Å². The summed E-state index contributed by atoms with van der Waals surface area (Å²) >= 11 is 5.96. The normalized spacial score (nSPS) is 15.4. The second-order valence-electron chi connectivity index (χ2n) is 5.38. The van der Waals surface area contributed by atoms with Crippen molar-refractivity contribution >= 4 is 23.5 Å². The number of nitrogens with zero attached hydrogens (tertiary/aromatic N) is 2. The SMILES string of the molecule is Cc1c(C(=O)NC2(C(=O)O)CC2)cnn1-c1cccc(Cl)c1. The summed E-state index contributed by atoms with van der Waals surface area (Å²) in [6.07, 6.45) is 2.34. The molecular formula is C15H14ClN3O3. The van der Waals surface area contributed by atoms with E-state index in [2.05, 4.69) is 10.4 Å². The number of carbonyl (C=O) groups excluding carboxylic acids is 1. The molecule has 1 aromatic carbocycles. The van der Waals surface area contributed by atoms with Crippen LogP contribution in [-0.4, -0.2) is 32.3 Å². The van der Waals surface area contributed by atoms with E-state index in [1.807, 2.05) is 6.07 Å². The highest BCUT2D eigenvalue weighted by atomic mass is 35.5. The number of carboxylic acids is 1. The fourth-order valence-electron chi connectivity index (χ4n) is 2.30. The highest BCUT2D eigenvalue weighted by Gasteiger charge is 2.51. The van der Waals surface area contributed by atoms with Crippen LogP contribution in [0.15, 0.2) is 30.5 Å². The molecule has 0 spiro atoms. The minimum atomic E-state index is -1.11. The molecule has 3 rings (SSSR count). The maximum atomic E-state index is 12.3. The number of benzene rings is 1. The van der Waals surface area contributed by atoms with E-state index in [1.54, 1.807) is 29.8 Å². The van der Waals surface area contributed by atoms with Crippen molar-refractivity contribution in [3.8, 4) is 5.69 Å². The molecule has 7 heteroatoms. The summed E-state index contributed by atoms with van der Waals surface area (Å²) in [4.78, 5) is 23.4. The zero-order valence-electron chi connectivity index (χ0n) is 11.8. The maximum Gasteiger partial charge on any atom is 0.329 e. The molecule has 0 unspecified atom stereocenters. The molecule has 1 saturated carbocycles. The van der Waals surface area contributed by atoms with Crippen molar-refractivity contribution in [2.45, 2.75) is 25.3 Å². The van der Waals surface area contributed by atoms with Crippen LogP contribution in [-0.2, 0) is 4.79 Å². The quantitative estimate of drug-likeness (QED) is 0.904. The van der Waals surface area contributed by atoms with Gasteiger partial charge in [0.15, 0.2) is 0 Å². The number of hydrogen-bond acceptors (Lipinski definition) is 3. The van der Waals surface area contributed by atoms with Crippen molar-refractivity contribution in [3.05, 3.63) is 46.7 Å². The molecule has 1 heterocycles. The summed E-state index contributed by atoms with van der Waals surface area (Å²) in [6.45, 7) is 1.75. The number of carbonyl (C=O) groups is 2. The third kappa shape index (κ3) is 2.46. The second kappa shape index (κ2) is 5.14. The Morgan fingerprint density at radius 2 is 2.14 bits per heavy atom. The van der Waals surface area contributed by atoms with Gasteiger partial charge in [-0.05, 0) is 38.0 Å². The van der Waals surface area contributed by atoms with Crippen LogP contribution in [0.3, 0.4) is 0 Å². The molecule has 1 aromatic heterocycles. The lowest BCUT2D eigenvalue weighted by atomic mass is 10.2. The fraction of sp³-hybridized carbons (Fsp3) is 0.267. The Bertz CT molecular complexity index is 765. The average molecular weight is 320 g/mol. The molecule has 0 aliphatic heterocycles. The first kappa shape index (κ1) is 14.6. The molecule has 0 atom stereocenters. The smallest absolute Gasteiger partial charge is 0.329 e. The number of rotatable bonds is 4. The van der Waals surface area contributed by atoms with Gasteiger partial charge in [-0.15, -0.1) is 0 Å². The van der Waals surface area contributed by atoms with Crippen molar-refractivity contribution < 1.29 is 14.7 Å². The van der Waals surface area contributed by atoms with Gasteiger partial charge in [-0.2, -0.15) is 5.10 Å². The van der Waals surface area contributed by atoms with Crippen LogP contribution in [0.25, 0.3) is 5.69 Å². The maximum absolute atomic E-state index is 12.3. The van der Waals surface area contributed by atoms with Crippen LogP contribution in [0.5, 0.6) is 0 Å². The third-order valence-electron chi connectivity index (χ3n) is 3.82. The van der Waals surface area contributed by atoms with Gasteiger partial charge in [0.1, 0.15) is 5.54 Å². The largest absolute Gasteiger partial charge is 0.480 e. The Balaban J connectivity index is 1.88. The van der Waals surface area contributed by atoms with Crippen molar-refractivity contribution in [2.75, 3.05) is 0 Å². The Kier molecular flexibility index (Phi) is 3.41.